The summed E-state index contributed by atoms with van der Waals surface area (Å²) >= 11 is 0. The highest BCUT2D eigenvalue weighted by molar-refractivity contribution is 5.35. The van der Waals surface area contributed by atoms with Gasteiger partial charge in [-0.15, -0.1) is 0 Å². The molecule has 0 fully saturated rings. The first kappa shape index (κ1) is 13.9. The van der Waals surface area contributed by atoms with E-state index in [0.717, 1.165) is 5.82 Å². The third kappa shape index (κ3) is 7.98. The fourth-order valence-corrected chi connectivity index (χ4v) is 1.17. The van der Waals surface area contributed by atoms with E-state index in [4.69, 9.17) is 0 Å². The zero-order chi connectivity index (χ0) is 11.5. The first-order chi connectivity index (χ1) is 7.24. The van der Waals surface area contributed by atoms with E-state index >= 15 is 0 Å². The molecule has 2 heteroatoms. The van der Waals surface area contributed by atoms with Crippen molar-refractivity contribution in [3.05, 3.63) is 23.9 Å². The number of pyridine rings is 1. The van der Waals surface area contributed by atoms with Crippen LogP contribution in [0.15, 0.2) is 18.3 Å². The number of aromatic nitrogens is 1. The molecule has 1 aromatic rings. The molecular formula is C13H24N2. The highest BCUT2D eigenvalue weighted by Gasteiger charge is 1.86. The molecule has 0 aliphatic heterocycles. The maximum absolute atomic E-state index is 4.05. The Hall–Kier alpha value is -1.05. The van der Waals surface area contributed by atoms with Crippen molar-refractivity contribution < 1.29 is 0 Å². The van der Waals surface area contributed by atoms with Gasteiger partial charge in [-0.25, -0.2) is 4.98 Å². The summed E-state index contributed by atoms with van der Waals surface area (Å²) in [7, 11) is 1.86. The maximum Gasteiger partial charge on any atom is 0.125 e. The standard InChI is InChI=1S/C7H10N2.C6H14/c1-6-3-4-9-7(5-6)8-2;1-3-5-6-4-2/h3-5H,1-2H3,(H,8,9);3-6H2,1-2H3. The molecule has 0 bridgehead atoms. The minimum atomic E-state index is 0.926. The molecule has 1 N–H and O–H groups in total. The summed E-state index contributed by atoms with van der Waals surface area (Å²) in [6.07, 6.45) is 7.33. The van der Waals surface area contributed by atoms with Gasteiger partial charge >= 0.3 is 0 Å². The minimum Gasteiger partial charge on any atom is -0.373 e. The highest BCUT2D eigenvalue weighted by atomic mass is 14.9. The minimum absolute atomic E-state index is 0.926. The van der Waals surface area contributed by atoms with E-state index in [1.807, 2.05) is 26.1 Å². The largest absolute Gasteiger partial charge is 0.373 e. The summed E-state index contributed by atoms with van der Waals surface area (Å²) < 4.78 is 0. The normalized spacial score (nSPS) is 9.07. The smallest absolute Gasteiger partial charge is 0.125 e. The van der Waals surface area contributed by atoms with E-state index in [1.54, 1.807) is 6.20 Å². The van der Waals surface area contributed by atoms with E-state index in [9.17, 15) is 0 Å². The zero-order valence-electron chi connectivity index (χ0n) is 10.5. The molecule has 2 nitrogen and oxygen atoms in total. The Balaban J connectivity index is 0.000000288. The van der Waals surface area contributed by atoms with Crippen LogP contribution in [0.3, 0.4) is 0 Å². The Kier molecular flexibility index (Phi) is 8.84. The molecule has 0 atom stereocenters. The summed E-state index contributed by atoms with van der Waals surface area (Å²) in [5.41, 5.74) is 1.23. The molecule has 0 aliphatic carbocycles. The first-order valence-corrected chi connectivity index (χ1v) is 5.85. The predicted molar refractivity (Wildman–Crippen MR) is 68.3 cm³/mol. The van der Waals surface area contributed by atoms with Crippen molar-refractivity contribution in [3.8, 4) is 0 Å². The molecule has 86 valence electrons. The van der Waals surface area contributed by atoms with Gasteiger partial charge in [0.1, 0.15) is 5.82 Å². The molecule has 0 saturated heterocycles. The topological polar surface area (TPSA) is 24.9 Å². The van der Waals surface area contributed by atoms with Gasteiger partial charge < -0.3 is 5.32 Å². The second-order valence-electron chi connectivity index (χ2n) is 3.68. The van der Waals surface area contributed by atoms with E-state index in [-0.39, 0.29) is 0 Å². The van der Waals surface area contributed by atoms with Gasteiger partial charge in [-0.2, -0.15) is 0 Å². The Morgan fingerprint density at radius 1 is 1.20 bits per heavy atom. The average Bonchev–Trinajstić information content (AvgIpc) is 2.27. The Morgan fingerprint density at radius 3 is 2.13 bits per heavy atom. The molecule has 15 heavy (non-hydrogen) atoms. The molecule has 0 spiro atoms. The third-order valence-electron chi connectivity index (χ3n) is 2.13. The Morgan fingerprint density at radius 2 is 1.80 bits per heavy atom. The summed E-state index contributed by atoms with van der Waals surface area (Å²) in [6, 6.07) is 3.97. The van der Waals surface area contributed by atoms with E-state index in [2.05, 4.69) is 24.1 Å². The van der Waals surface area contributed by atoms with Crippen LogP contribution in [-0.2, 0) is 0 Å². The van der Waals surface area contributed by atoms with Gasteiger partial charge in [0.2, 0.25) is 0 Å². The van der Waals surface area contributed by atoms with Gasteiger partial charge in [-0.3, -0.25) is 0 Å². The van der Waals surface area contributed by atoms with Gasteiger partial charge in [0.15, 0.2) is 0 Å². The number of nitrogens with zero attached hydrogens (tertiary/aromatic N) is 1. The number of aryl methyl sites for hydroxylation is 1. The third-order valence-corrected chi connectivity index (χ3v) is 2.13. The van der Waals surface area contributed by atoms with Gasteiger partial charge in [0.05, 0.1) is 0 Å². The van der Waals surface area contributed by atoms with Crippen LogP contribution in [0, 0.1) is 6.92 Å². The average molecular weight is 208 g/mol. The van der Waals surface area contributed by atoms with Crippen molar-refractivity contribution in [1.82, 2.24) is 4.98 Å². The van der Waals surface area contributed by atoms with Gasteiger partial charge in [-0.05, 0) is 24.6 Å². The second kappa shape index (κ2) is 9.50. The molecule has 0 amide bonds. The van der Waals surface area contributed by atoms with Crippen LogP contribution in [0.25, 0.3) is 0 Å². The fourth-order valence-electron chi connectivity index (χ4n) is 1.17. The number of rotatable bonds is 4. The molecule has 0 unspecified atom stereocenters. The lowest BCUT2D eigenvalue weighted by Gasteiger charge is -1.96. The van der Waals surface area contributed by atoms with E-state index < -0.39 is 0 Å². The van der Waals surface area contributed by atoms with Crippen LogP contribution >= 0.6 is 0 Å². The van der Waals surface area contributed by atoms with Crippen LogP contribution in [-0.4, -0.2) is 12.0 Å². The van der Waals surface area contributed by atoms with Crippen molar-refractivity contribution in [2.75, 3.05) is 12.4 Å². The van der Waals surface area contributed by atoms with Gasteiger partial charge in [0, 0.05) is 13.2 Å². The summed E-state index contributed by atoms with van der Waals surface area (Å²) in [4.78, 5) is 4.05. The van der Waals surface area contributed by atoms with Gasteiger partial charge in [-0.1, -0.05) is 39.5 Å². The Labute approximate surface area is 94.1 Å². The van der Waals surface area contributed by atoms with Crippen LogP contribution in [0.2, 0.25) is 0 Å². The first-order valence-electron chi connectivity index (χ1n) is 5.85. The van der Waals surface area contributed by atoms with Crippen molar-refractivity contribution in [2.24, 2.45) is 0 Å². The van der Waals surface area contributed by atoms with E-state index in [1.165, 1.54) is 31.2 Å². The number of nitrogens with one attached hydrogen (secondary N) is 1. The lowest BCUT2D eigenvalue weighted by molar-refractivity contribution is 0.702. The number of hydrogen-bond donors (Lipinski definition) is 1. The molecule has 0 radical (unpaired) electrons. The monoisotopic (exact) mass is 208 g/mol. The number of unbranched alkanes of at least 4 members (excludes halogenated alkanes) is 3. The summed E-state index contributed by atoms with van der Waals surface area (Å²) in [6.45, 7) is 6.51. The highest BCUT2D eigenvalue weighted by Crippen LogP contribution is 2.02. The number of hydrogen-bond acceptors (Lipinski definition) is 2. The molecule has 0 aromatic carbocycles. The van der Waals surface area contributed by atoms with Crippen molar-refractivity contribution in [2.45, 2.75) is 46.5 Å². The molecule has 1 heterocycles. The second-order valence-corrected chi connectivity index (χ2v) is 3.68. The lowest BCUT2D eigenvalue weighted by atomic mass is 10.2. The molecule has 1 rings (SSSR count). The van der Waals surface area contributed by atoms with Crippen LogP contribution < -0.4 is 5.32 Å². The molecular weight excluding hydrogens is 184 g/mol. The van der Waals surface area contributed by atoms with Crippen LogP contribution in [0.4, 0.5) is 5.82 Å². The summed E-state index contributed by atoms with van der Waals surface area (Å²) in [5, 5.41) is 2.96. The SMILES string of the molecule is CCCCCC.CNc1cc(C)ccn1. The lowest BCUT2D eigenvalue weighted by Crippen LogP contribution is -1.90. The van der Waals surface area contributed by atoms with Crippen LogP contribution in [0.5, 0.6) is 0 Å². The maximum atomic E-state index is 4.05. The molecule has 0 saturated carbocycles. The zero-order valence-corrected chi connectivity index (χ0v) is 10.5. The molecule has 0 aliphatic rings. The predicted octanol–water partition coefficient (Wildman–Crippen LogP) is 4.02. The fraction of sp³-hybridized carbons (Fsp3) is 0.615. The summed E-state index contributed by atoms with van der Waals surface area (Å²) in [5.74, 6) is 0.926. The van der Waals surface area contributed by atoms with Gasteiger partial charge in [0.25, 0.3) is 0 Å². The van der Waals surface area contributed by atoms with E-state index in [0.29, 0.717) is 0 Å². The van der Waals surface area contributed by atoms with Crippen LogP contribution in [0.1, 0.15) is 45.1 Å². The molecule has 1 aromatic heterocycles. The van der Waals surface area contributed by atoms with Crippen molar-refractivity contribution >= 4 is 5.82 Å². The quantitative estimate of drug-likeness (QED) is 0.756. The van der Waals surface area contributed by atoms with Crippen molar-refractivity contribution in [1.29, 1.82) is 0 Å². The van der Waals surface area contributed by atoms with Crippen molar-refractivity contribution in [3.63, 3.8) is 0 Å². The Bertz CT molecular complexity index is 242. The number of anilines is 1.